The summed E-state index contributed by atoms with van der Waals surface area (Å²) in [5.74, 6) is 5.92. The smallest absolute Gasteiger partial charge is 0.343 e. The molecule has 0 radical (unpaired) electrons. The van der Waals surface area contributed by atoms with Gasteiger partial charge in [-0.15, -0.1) is 0 Å². The zero-order valence-corrected chi connectivity index (χ0v) is 16.2. The predicted octanol–water partition coefficient (Wildman–Crippen LogP) is 1.38. The van der Waals surface area contributed by atoms with Gasteiger partial charge in [-0.2, -0.15) is 0 Å². The lowest BCUT2D eigenvalue weighted by molar-refractivity contribution is 0.0524. The summed E-state index contributed by atoms with van der Waals surface area (Å²) in [6, 6.07) is 3.92. The highest BCUT2D eigenvalue weighted by Gasteiger charge is 2.21. The number of rotatable bonds is 3. The SMILES string of the molecule is CCOC(=O)c1cn2c3c(cc(C#CCN4CCNCC4)cc3c1=O)CCC2. The third kappa shape index (κ3) is 3.68. The molecule has 0 saturated carbocycles. The first-order valence-electron chi connectivity index (χ1n) is 9.96. The van der Waals surface area contributed by atoms with Gasteiger partial charge in [0, 0.05) is 49.9 Å². The number of carbonyl (C=O) groups is 1. The van der Waals surface area contributed by atoms with Crippen molar-refractivity contribution in [2.24, 2.45) is 0 Å². The van der Waals surface area contributed by atoms with Crippen LogP contribution in [0.1, 0.15) is 34.8 Å². The van der Waals surface area contributed by atoms with Crippen molar-refractivity contribution < 1.29 is 9.53 Å². The Morgan fingerprint density at radius 3 is 2.86 bits per heavy atom. The molecule has 0 bridgehead atoms. The number of esters is 1. The van der Waals surface area contributed by atoms with Crippen molar-refractivity contribution in [2.75, 3.05) is 39.3 Å². The standard InChI is InChI=1S/C22H25N3O3/c1-2-28-22(27)19-15-25-10-4-6-17-13-16(14-18(20(17)25)21(19)26)5-3-9-24-11-7-23-8-12-24/h13-15,23H,2,4,6-12H2,1H3. The van der Waals surface area contributed by atoms with Crippen molar-refractivity contribution in [3.05, 3.63) is 45.2 Å². The minimum absolute atomic E-state index is 0.105. The van der Waals surface area contributed by atoms with E-state index in [0.29, 0.717) is 5.39 Å². The van der Waals surface area contributed by atoms with Crippen LogP contribution < -0.4 is 10.7 Å². The number of hydrogen-bond donors (Lipinski definition) is 1. The molecule has 2 aliphatic heterocycles. The number of nitrogens with zero attached hydrogens (tertiary/aromatic N) is 2. The Hall–Kier alpha value is -2.62. The first-order chi connectivity index (χ1) is 13.7. The van der Waals surface area contributed by atoms with E-state index < -0.39 is 5.97 Å². The minimum Gasteiger partial charge on any atom is -0.462 e. The molecule has 2 aromatic rings. The second-order valence-corrected chi connectivity index (χ2v) is 7.25. The topological polar surface area (TPSA) is 63.6 Å². The summed E-state index contributed by atoms with van der Waals surface area (Å²) >= 11 is 0. The highest BCUT2D eigenvalue weighted by atomic mass is 16.5. The normalized spacial score (nSPS) is 16.5. The number of aromatic nitrogens is 1. The molecule has 0 amide bonds. The van der Waals surface area contributed by atoms with E-state index in [0.717, 1.165) is 68.8 Å². The lowest BCUT2D eigenvalue weighted by atomic mass is 9.97. The number of piperazine rings is 1. The van der Waals surface area contributed by atoms with Gasteiger partial charge in [0.15, 0.2) is 0 Å². The Morgan fingerprint density at radius 1 is 1.25 bits per heavy atom. The summed E-state index contributed by atoms with van der Waals surface area (Å²) in [5.41, 5.74) is 2.73. The molecule has 6 nitrogen and oxygen atoms in total. The van der Waals surface area contributed by atoms with Gasteiger partial charge in [0.25, 0.3) is 0 Å². The lowest BCUT2D eigenvalue weighted by Gasteiger charge is -2.24. The van der Waals surface area contributed by atoms with Crippen LogP contribution in [0.25, 0.3) is 10.9 Å². The van der Waals surface area contributed by atoms with Crippen LogP contribution in [0.4, 0.5) is 0 Å². The van der Waals surface area contributed by atoms with Crippen LogP contribution in [-0.2, 0) is 17.7 Å². The van der Waals surface area contributed by atoms with Gasteiger partial charge >= 0.3 is 5.97 Å². The quantitative estimate of drug-likeness (QED) is 0.645. The van der Waals surface area contributed by atoms with Gasteiger partial charge in [0.05, 0.1) is 18.7 Å². The largest absolute Gasteiger partial charge is 0.462 e. The van der Waals surface area contributed by atoms with Crippen molar-refractivity contribution in [1.82, 2.24) is 14.8 Å². The zero-order valence-electron chi connectivity index (χ0n) is 16.2. The molecule has 28 heavy (non-hydrogen) atoms. The summed E-state index contributed by atoms with van der Waals surface area (Å²) in [6.07, 6.45) is 3.55. The molecule has 1 aromatic carbocycles. The molecule has 146 valence electrons. The number of ether oxygens (including phenoxy) is 1. The van der Waals surface area contributed by atoms with Gasteiger partial charge in [-0.25, -0.2) is 4.79 Å². The minimum atomic E-state index is -0.555. The number of hydrogen-bond acceptors (Lipinski definition) is 5. The van der Waals surface area contributed by atoms with Crippen molar-refractivity contribution in [3.8, 4) is 11.8 Å². The number of carbonyl (C=O) groups excluding carboxylic acids is 1. The Bertz CT molecular complexity index is 1020. The Morgan fingerprint density at radius 2 is 2.07 bits per heavy atom. The molecule has 0 atom stereocenters. The molecule has 0 spiro atoms. The van der Waals surface area contributed by atoms with Crippen LogP contribution in [0.5, 0.6) is 0 Å². The number of benzene rings is 1. The molecule has 1 fully saturated rings. The summed E-state index contributed by atoms with van der Waals surface area (Å²) in [7, 11) is 0. The van der Waals surface area contributed by atoms with Crippen molar-refractivity contribution in [3.63, 3.8) is 0 Å². The third-order valence-corrected chi connectivity index (χ3v) is 5.34. The van der Waals surface area contributed by atoms with Gasteiger partial charge < -0.3 is 14.6 Å². The zero-order chi connectivity index (χ0) is 19.5. The van der Waals surface area contributed by atoms with Crippen LogP contribution >= 0.6 is 0 Å². The highest BCUT2D eigenvalue weighted by Crippen LogP contribution is 2.25. The molecule has 1 N–H and O–H groups in total. The Kier molecular flexibility index (Phi) is 5.47. The van der Waals surface area contributed by atoms with Gasteiger partial charge in [-0.1, -0.05) is 11.8 Å². The van der Waals surface area contributed by atoms with Crippen LogP contribution in [0.2, 0.25) is 0 Å². The van der Waals surface area contributed by atoms with Crippen LogP contribution in [0.15, 0.2) is 23.1 Å². The lowest BCUT2D eigenvalue weighted by Crippen LogP contribution is -2.43. The summed E-state index contributed by atoms with van der Waals surface area (Å²) in [4.78, 5) is 27.5. The van der Waals surface area contributed by atoms with Gasteiger partial charge in [0.2, 0.25) is 5.43 Å². The first-order valence-corrected chi connectivity index (χ1v) is 9.96. The fourth-order valence-electron chi connectivity index (χ4n) is 3.99. The molecule has 2 aliphatic rings. The average molecular weight is 379 g/mol. The van der Waals surface area contributed by atoms with E-state index in [1.807, 2.05) is 10.6 Å². The van der Waals surface area contributed by atoms with Crippen molar-refractivity contribution in [1.29, 1.82) is 0 Å². The van der Waals surface area contributed by atoms with E-state index in [2.05, 4.69) is 28.1 Å². The Balaban J connectivity index is 1.73. The van der Waals surface area contributed by atoms with E-state index in [1.165, 1.54) is 0 Å². The summed E-state index contributed by atoms with van der Waals surface area (Å²) in [5, 5.41) is 3.90. The van der Waals surface area contributed by atoms with Gasteiger partial charge in [-0.05, 0) is 37.5 Å². The van der Waals surface area contributed by atoms with Crippen LogP contribution in [0, 0.1) is 11.8 Å². The highest BCUT2D eigenvalue weighted by molar-refractivity contribution is 5.95. The van der Waals surface area contributed by atoms with E-state index in [-0.39, 0.29) is 17.6 Å². The molecular formula is C22H25N3O3. The maximum absolute atomic E-state index is 13.0. The molecule has 0 unspecified atom stereocenters. The van der Waals surface area contributed by atoms with Crippen LogP contribution in [0.3, 0.4) is 0 Å². The third-order valence-electron chi connectivity index (χ3n) is 5.34. The summed E-state index contributed by atoms with van der Waals surface area (Å²) in [6.45, 7) is 7.52. The Labute approximate surface area is 164 Å². The molecule has 3 heterocycles. The number of aryl methyl sites for hydroxylation is 2. The van der Waals surface area contributed by atoms with Crippen molar-refractivity contribution >= 4 is 16.9 Å². The maximum atomic E-state index is 13.0. The molecule has 0 aliphatic carbocycles. The van der Waals surface area contributed by atoms with E-state index >= 15 is 0 Å². The number of pyridine rings is 1. The monoisotopic (exact) mass is 379 g/mol. The maximum Gasteiger partial charge on any atom is 0.343 e. The van der Waals surface area contributed by atoms with E-state index in [1.54, 1.807) is 13.1 Å². The molecule has 6 heteroatoms. The van der Waals surface area contributed by atoms with Crippen molar-refractivity contribution in [2.45, 2.75) is 26.3 Å². The second kappa shape index (κ2) is 8.17. The molecule has 1 saturated heterocycles. The van der Waals surface area contributed by atoms with Gasteiger partial charge in [-0.3, -0.25) is 9.69 Å². The first kappa shape index (κ1) is 18.7. The van der Waals surface area contributed by atoms with E-state index in [9.17, 15) is 9.59 Å². The van der Waals surface area contributed by atoms with E-state index in [4.69, 9.17) is 4.74 Å². The average Bonchev–Trinajstić information content (AvgIpc) is 2.71. The molecule has 1 aromatic heterocycles. The fourth-order valence-corrected chi connectivity index (χ4v) is 3.99. The van der Waals surface area contributed by atoms with Crippen LogP contribution in [-0.4, -0.2) is 54.8 Å². The molecule has 4 rings (SSSR count). The molecular weight excluding hydrogens is 354 g/mol. The summed E-state index contributed by atoms with van der Waals surface area (Å²) < 4.78 is 7.09. The van der Waals surface area contributed by atoms with Gasteiger partial charge in [0.1, 0.15) is 5.56 Å². The number of nitrogens with one attached hydrogen (secondary N) is 1. The predicted molar refractivity (Wildman–Crippen MR) is 109 cm³/mol. The fraction of sp³-hybridized carbons (Fsp3) is 0.455. The second-order valence-electron chi connectivity index (χ2n) is 7.25.